The van der Waals surface area contributed by atoms with Crippen molar-refractivity contribution >= 4 is 17.4 Å². The van der Waals surface area contributed by atoms with E-state index in [1.165, 1.54) is 0 Å². The second-order valence-corrected chi connectivity index (χ2v) is 5.17. The number of rotatable bonds is 5. The molecule has 0 radical (unpaired) electrons. The van der Waals surface area contributed by atoms with Crippen LogP contribution in [0.1, 0.15) is 17.4 Å². The summed E-state index contributed by atoms with van der Waals surface area (Å²) in [5.74, 6) is 0.00469. The lowest BCUT2D eigenvalue weighted by Gasteiger charge is -2.23. The van der Waals surface area contributed by atoms with Crippen LogP contribution in [0.2, 0.25) is 5.02 Å². The Morgan fingerprint density at radius 3 is 2.22 bits per heavy atom. The van der Waals surface area contributed by atoms with Gasteiger partial charge in [0, 0.05) is 5.02 Å². The van der Waals surface area contributed by atoms with Crippen LogP contribution in [0.5, 0.6) is 0 Å². The van der Waals surface area contributed by atoms with E-state index in [0.29, 0.717) is 10.6 Å². The molecule has 9 heteroatoms. The lowest BCUT2D eigenvalue weighted by molar-refractivity contribution is -0.141. The van der Waals surface area contributed by atoms with E-state index in [4.69, 9.17) is 11.6 Å². The van der Waals surface area contributed by atoms with Gasteiger partial charge in [-0.15, -0.1) is 10.2 Å². The second kappa shape index (κ2) is 7.12. The summed E-state index contributed by atoms with van der Waals surface area (Å²) in [5, 5.41) is 29.2. The van der Waals surface area contributed by atoms with Gasteiger partial charge in [-0.3, -0.25) is 0 Å². The molecule has 0 aliphatic heterocycles. The molecule has 23 heavy (non-hydrogen) atoms. The first kappa shape index (κ1) is 17.5. The summed E-state index contributed by atoms with van der Waals surface area (Å²) in [6.45, 7) is -0.466. The molecule has 2 atom stereocenters. The maximum atomic E-state index is 12.4. The number of aliphatic hydroxyl groups is 2. The monoisotopic (exact) mass is 347 g/mol. The third-order valence-corrected chi connectivity index (χ3v) is 3.33. The predicted molar refractivity (Wildman–Crippen MR) is 77.9 cm³/mol. The van der Waals surface area contributed by atoms with Crippen LogP contribution in [-0.2, 0) is 6.18 Å². The molecule has 5 nitrogen and oxygen atoms in total. The maximum Gasteiger partial charge on any atom is 0.435 e. The van der Waals surface area contributed by atoms with Crippen molar-refractivity contribution in [3.05, 3.63) is 52.7 Å². The maximum absolute atomic E-state index is 12.4. The zero-order chi connectivity index (χ0) is 17.0. The molecule has 1 heterocycles. The molecule has 2 unspecified atom stereocenters. The van der Waals surface area contributed by atoms with Crippen molar-refractivity contribution in [2.75, 3.05) is 11.9 Å². The molecule has 2 rings (SSSR count). The summed E-state index contributed by atoms with van der Waals surface area (Å²) in [5.41, 5.74) is -0.636. The molecule has 0 aliphatic rings. The van der Waals surface area contributed by atoms with Crippen LogP contribution < -0.4 is 5.32 Å². The summed E-state index contributed by atoms with van der Waals surface area (Å²) in [7, 11) is 0. The fraction of sp³-hybridized carbons (Fsp3) is 0.286. The highest BCUT2D eigenvalue weighted by Crippen LogP contribution is 2.27. The SMILES string of the molecule is OCC(Nc1ccc(C(F)(F)F)nn1)C(O)c1ccc(Cl)cc1. The van der Waals surface area contributed by atoms with E-state index in [0.717, 1.165) is 12.1 Å². The van der Waals surface area contributed by atoms with Crippen LogP contribution in [0, 0.1) is 0 Å². The number of benzene rings is 1. The molecule has 124 valence electrons. The van der Waals surface area contributed by atoms with Crippen LogP contribution in [0.15, 0.2) is 36.4 Å². The van der Waals surface area contributed by atoms with Gasteiger partial charge in [-0.05, 0) is 29.8 Å². The second-order valence-electron chi connectivity index (χ2n) is 4.73. The smallest absolute Gasteiger partial charge is 0.394 e. The summed E-state index contributed by atoms with van der Waals surface area (Å²) in [4.78, 5) is 0. The molecule has 1 aromatic carbocycles. The minimum Gasteiger partial charge on any atom is -0.394 e. The highest BCUT2D eigenvalue weighted by Gasteiger charge is 2.33. The van der Waals surface area contributed by atoms with Gasteiger partial charge >= 0.3 is 6.18 Å². The Kier molecular flexibility index (Phi) is 5.40. The molecule has 0 bridgehead atoms. The highest BCUT2D eigenvalue weighted by atomic mass is 35.5. The molecule has 0 saturated heterocycles. The van der Waals surface area contributed by atoms with Gasteiger partial charge in [0.25, 0.3) is 0 Å². The minimum atomic E-state index is -4.58. The molecule has 0 fully saturated rings. The molecule has 0 amide bonds. The molecule has 1 aromatic heterocycles. The molecule has 3 N–H and O–H groups in total. The van der Waals surface area contributed by atoms with E-state index in [1.54, 1.807) is 24.3 Å². The quantitative estimate of drug-likeness (QED) is 0.775. The summed E-state index contributed by atoms with van der Waals surface area (Å²) < 4.78 is 37.3. The van der Waals surface area contributed by atoms with Gasteiger partial charge in [-0.1, -0.05) is 23.7 Å². The molecular formula is C14H13ClF3N3O2. The largest absolute Gasteiger partial charge is 0.435 e. The van der Waals surface area contributed by atoms with Crippen LogP contribution in [-0.4, -0.2) is 33.1 Å². The number of nitrogens with one attached hydrogen (secondary N) is 1. The van der Waals surface area contributed by atoms with Crippen molar-refractivity contribution in [3.63, 3.8) is 0 Å². The van der Waals surface area contributed by atoms with Crippen molar-refractivity contribution in [1.82, 2.24) is 10.2 Å². The number of aromatic nitrogens is 2. The average Bonchev–Trinajstić information content (AvgIpc) is 2.52. The van der Waals surface area contributed by atoms with Gasteiger partial charge in [0.1, 0.15) is 11.9 Å². The van der Waals surface area contributed by atoms with Crippen LogP contribution in [0.3, 0.4) is 0 Å². The van der Waals surface area contributed by atoms with Crippen molar-refractivity contribution < 1.29 is 23.4 Å². The Morgan fingerprint density at radius 2 is 1.74 bits per heavy atom. The number of hydrogen-bond acceptors (Lipinski definition) is 5. The van der Waals surface area contributed by atoms with E-state index in [9.17, 15) is 23.4 Å². The van der Waals surface area contributed by atoms with Crippen molar-refractivity contribution in [3.8, 4) is 0 Å². The topological polar surface area (TPSA) is 78.3 Å². The van der Waals surface area contributed by atoms with E-state index in [-0.39, 0.29) is 5.82 Å². The first-order chi connectivity index (χ1) is 10.8. The molecular weight excluding hydrogens is 335 g/mol. The van der Waals surface area contributed by atoms with Crippen molar-refractivity contribution in [2.24, 2.45) is 0 Å². The third kappa shape index (κ3) is 4.54. The van der Waals surface area contributed by atoms with E-state index >= 15 is 0 Å². The highest BCUT2D eigenvalue weighted by molar-refractivity contribution is 6.30. The Balaban J connectivity index is 2.11. The predicted octanol–water partition coefficient (Wildman–Crippen LogP) is 2.66. The average molecular weight is 348 g/mol. The number of alkyl halides is 3. The number of aliphatic hydroxyl groups excluding tert-OH is 2. The third-order valence-electron chi connectivity index (χ3n) is 3.08. The summed E-state index contributed by atoms with van der Waals surface area (Å²) in [6.07, 6.45) is -5.69. The van der Waals surface area contributed by atoms with Gasteiger partial charge in [-0.2, -0.15) is 13.2 Å². The van der Waals surface area contributed by atoms with Gasteiger partial charge in [0.15, 0.2) is 5.69 Å². The van der Waals surface area contributed by atoms with E-state index in [1.807, 2.05) is 0 Å². The number of nitrogens with zero attached hydrogens (tertiary/aromatic N) is 2. The lowest BCUT2D eigenvalue weighted by Crippen LogP contribution is -2.31. The van der Waals surface area contributed by atoms with Gasteiger partial charge in [-0.25, -0.2) is 0 Å². The van der Waals surface area contributed by atoms with Gasteiger partial charge in [0.2, 0.25) is 0 Å². The first-order valence-electron chi connectivity index (χ1n) is 6.53. The fourth-order valence-electron chi connectivity index (χ4n) is 1.87. The number of hydrogen-bond donors (Lipinski definition) is 3. The van der Waals surface area contributed by atoms with E-state index < -0.39 is 30.6 Å². The summed E-state index contributed by atoms with van der Waals surface area (Å²) >= 11 is 5.75. The number of anilines is 1. The Bertz CT molecular complexity index is 635. The fourth-order valence-corrected chi connectivity index (χ4v) is 1.99. The van der Waals surface area contributed by atoms with Gasteiger partial charge < -0.3 is 15.5 Å². The van der Waals surface area contributed by atoms with Crippen molar-refractivity contribution in [1.29, 1.82) is 0 Å². The van der Waals surface area contributed by atoms with Crippen molar-refractivity contribution in [2.45, 2.75) is 18.3 Å². The summed E-state index contributed by atoms with van der Waals surface area (Å²) in [6, 6.07) is 7.28. The zero-order valence-electron chi connectivity index (χ0n) is 11.6. The lowest BCUT2D eigenvalue weighted by atomic mass is 10.0. The normalized spacial score (nSPS) is 14.3. The molecule has 0 saturated carbocycles. The van der Waals surface area contributed by atoms with Crippen LogP contribution >= 0.6 is 11.6 Å². The van der Waals surface area contributed by atoms with Crippen LogP contribution in [0.4, 0.5) is 19.0 Å². The minimum absolute atomic E-state index is 0.00469. The zero-order valence-corrected chi connectivity index (χ0v) is 12.4. The van der Waals surface area contributed by atoms with E-state index in [2.05, 4.69) is 15.5 Å². The van der Waals surface area contributed by atoms with Crippen LogP contribution in [0.25, 0.3) is 0 Å². The van der Waals surface area contributed by atoms with Gasteiger partial charge in [0.05, 0.1) is 12.6 Å². The molecule has 0 spiro atoms. The first-order valence-corrected chi connectivity index (χ1v) is 6.91. The molecule has 2 aromatic rings. The number of halogens is 4. The Morgan fingerprint density at radius 1 is 1.09 bits per heavy atom. The Hall–Kier alpha value is -1.90. The molecule has 0 aliphatic carbocycles. The Labute approximate surface area is 134 Å². The standard InChI is InChI=1S/C14H13ClF3N3O2/c15-9-3-1-8(2-4-9)13(23)10(7-22)19-12-6-5-11(20-21-12)14(16,17)18/h1-6,10,13,22-23H,7H2,(H,19,21).